The van der Waals surface area contributed by atoms with Crippen LogP contribution in [-0.2, 0) is 6.54 Å². The molecule has 1 saturated carbocycles. The number of nitrogens with zero attached hydrogens (tertiary/aromatic N) is 1. The van der Waals surface area contributed by atoms with Crippen LogP contribution in [0.25, 0.3) is 0 Å². The Hall–Kier alpha value is -1.18. The van der Waals surface area contributed by atoms with E-state index in [2.05, 4.69) is 15.6 Å². The standard InChI is InChI=1S/C16H25N3O2.HI/c1-17-16(19-13-8-4-5-9-13)18-11-12-7-6-10-14(20-2)15(12)21-3;/h6-7,10,13H,4-5,8-9,11H2,1-3H3,(H2,17,18,19);1H. The van der Waals surface area contributed by atoms with E-state index in [-0.39, 0.29) is 24.0 Å². The van der Waals surface area contributed by atoms with Gasteiger partial charge in [-0.2, -0.15) is 0 Å². The summed E-state index contributed by atoms with van der Waals surface area (Å²) >= 11 is 0. The van der Waals surface area contributed by atoms with E-state index in [0.29, 0.717) is 12.6 Å². The maximum Gasteiger partial charge on any atom is 0.191 e. The highest BCUT2D eigenvalue weighted by Crippen LogP contribution is 2.30. The Balaban J connectivity index is 0.00000242. The minimum absolute atomic E-state index is 0. The molecular weight excluding hydrogens is 393 g/mol. The van der Waals surface area contributed by atoms with Gasteiger partial charge < -0.3 is 20.1 Å². The molecule has 1 aromatic carbocycles. The number of ether oxygens (including phenoxy) is 2. The summed E-state index contributed by atoms with van der Waals surface area (Å²) in [5.41, 5.74) is 1.05. The Labute approximate surface area is 149 Å². The van der Waals surface area contributed by atoms with Gasteiger partial charge in [0.25, 0.3) is 0 Å². The SMILES string of the molecule is CN=C(NCc1cccc(OC)c1OC)NC1CCCC1.I. The molecular formula is C16H26IN3O2. The van der Waals surface area contributed by atoms with E-state index in [9.17, 15) is 0 Å². The van der Waals surface area contributed by atoms with Crippen LogP contribution in [0.4, 0.5) is 0 Å². The van der Waals surface area contributed by atoms with Crippen LogP contribution in [0.15, 0.2) is 23.2 Å². The smallest absolute Gasteiger partial charge is 0.191 e. The van der Waals surface area contributed by atoms with Crippen LogP contribution < -0.4 is 20.1 Å². The molecule has 22 heavy (non-hydrogen) atoms. The molecule has 0 saturated heterocycles. The third-order valence-corrected chi connectivity index (χ3v) is 3.85. The fourth-order valence-corrected chi connectivity index (χ4v) is 2.73. The molecule has 0 radical (unpaired) electrons. The van der Waals surface area contributed by atoms with Crippen LogP contribution in [0.3, 0.4) is 0 Å². The normalized spacial score (nSPS) is 15.1. The molecule has 0 aromatic heterocycles. The molecule has 1 fully saturated rings. The van der Waals surface area contributed by atoms with Crippen molar-refractivity contribution < 1.29 is 9.47 Å². The van der Waals surface area contributed by atoms with E-state index in [1.54, 1.807) is 21.3 Å². The maximum absolute atomic E-state index is 5.44. The number of para-hydroxylation sites is 1. The van der Waals surface area contributed by atoms with E-state index >= 15 is 0 Å². The van der Waals surface area contributed by atoms with Crippen LogP contribution in [-0.4, -0.2) is 33.3 Å². The summed E-state index contributed by atoms with van der Waals surface area (Å²) in [5, 5.41) is 6.81. The summed E-state index contributed by atoms with van der Waals surface area (Å²) in [6, 6.07) is 6.43. The Morgan fingerprint density at radius 1 is 1.23 bits per heavy atom. The number of halogens is 1. The van der Waals surface area contributed by atoms with Crippen molar-refractivity contribution in [3.63, 3.8) is 0 Å². The highest BCUT2D eigenvalue weighted by Gasteiger charge is 2.16. The van der Waals surface area contributed by atoms with Crippen molar-refractivity contribution in [2.24, 2.45) is 4.99 Å². The fraction of sp³-hybridized carbons (Fsp3) is 0.562. The molecule has 0 aliphatic heterocycles. The molecule has 1 aromatic rings. The second-order valence-electron chi connectivity index (χ2n) is 5.20. The average molecular weight is 419 g/mol. The molecule has 5 nitrogen and oxygen atoms in total. The van der Waals surface area contributed by atoms with Gasteiger partial charge in [0.15, 0.2) is 17.5 Å². The fourth-order valence-electron chi connectivity index (χ4n) is 2.73. The van der Waals surface area contributed by atoms with Gasteiger partial charge in [-0.1, -0.05) is 25.0 Å². The van der Waals surface area contributed by atoms with Gasteiger partial charge in [0.1, 0.15) is 0 Å². The van der Waals surface area contributed by atoms with Crippen molar-refractivity contribution in [3.8, 4) is 11.5 Å². The number of benzene rings is 1. The number of methoxy groups -OCH3 is 2. The van der Waals surface area contributed by atoms with Crippen LogP contribution in [0.1, 0.15) is 31.2 Å². The molecule has 0 bridgehead atoms. The number of aliphatic imine (C=N–C) groups is 1. The summed E-state index contributed by atoms with van der Waals surface area (Å²) in [5.74, 6) is 2.35. The minimum Gasteiger partial charge on any atom is -0.493 e. The van der Waals surface area contributed by atoms with E-state index in [0.717, 1.165) is 23.0 Å². The van der Waals surface area contributed by atoms with Crippen LogP contribution in [0.5, 0.6) is 11.5 Å². The first-order valence-electron chi connectivity index (χ1n) is 7.45. The molecule has 0 atom stereocenters. The molecule has 1 aliphatic carbocycles. The molecule has 0 spiro atoms. The van der Waals surface area contributed by atoms with Gasteiger partial charge in [-0.15, -0.1) is 24.0 Å². The van der Waals surface area contributed by atoms with Gasteiger partial charge in [-0.25, -0.2) is 0 Å². The van der Waals surface area contributed by atoms with Gasteiger partial charge >= 0.3 is 0 Å². The molecule has 0 amide bonds. The van der Waals surface area contributed by atoms with Crippen molar-refractivity contribution in [2.75, 3.05) is 21.3 Å². The average Bonchev–Trinajstić information content (AvgIpc) is 3.03. The van der Waals surface area contributed by atoms with Gasteiger partial charge in [0, 0.05) is 25.2 Å². The van der Waals surface area contributed by atoms with Crippen molar-refractivity contribution in [3.05, 3.63) is 23.8 Å². The Morgan fingerprint density at radius 3 is 2.55 bits per heavy atom. The zero-order chi connectivity index (χ0) is 15.1. The summed E-state index contributed by atoms with van der Waals surface area (Å²) in [7, 11) is 5.11. The summed E-state index contributed by atoms with van der Waals surface area (Å²) in [6.07, 6.45) is 5.06. The highest BCUT2D eigenvalue weighted by molar-refractivity contribution is 14.0. The predicted molar refractivity (Wildman–Crippen MR) is 101 cm³/mol. The second kappa shape index (κ2) is 9.76. The van der Waals surface area contributed by atoms with Crippen molar-refractivity contribution in [2.45, 2.75) is 38.3 Å². The lowest BCUT2D eigenvalue weighted by Crippen LogP contribution is -2.41. The molecule has 2 rings (SSSR count). The topological polar surface area (TPSA) is 54.9 Å². The first-order chi connectivity index (χ1) is 10.3. The quantitative estimate of drug-likeness (QED) is 0.438. The first kappa shape index (κ1) is 18.9. The lowest BCUT2D eigenvalue weighted by Gasteiger charge is -2.18. The Kier molecular flexibility index (Phi) is 8.37. The Bertz CT molecular complexity index is 488. The number of nitrogens with one attached hydrogen (secondary N) is 2. The van der Waals surface area contributed by atoms with Crippen molar-refractivity contribution >= 4 is 29.9 Å². The monoisotopic (exact) mass is 419 g/mol. The molecule has 0 heterocycles. The second-order valence-corrected chi connectivity index (χ2v) is 5.20. The maximum atomic E-state index is 5.44. The Morgan fingerprint density at radius 2 is 1.95 bits per heavy atom. The summed E-state index contributed by atoms with van der Waals surface area (Å²) in [6.45, 7) is 0.646. The number of hydrogen-bond donors (Lipinski definition) is 2. The molecule has 124 valence electrons. The summed E-state index contributed by atoms with van der Waals surface area (Å²) < 4.78 is 10.8. The number of guanidine groups is 1. The van der Waals surface area contributed by atoms with Crippen LogP contribution >= 0.6 is 24.0 Å². The molecule has 1 aliphatic rings. The van der Waals surface area contributed by atoms with Crippen LogP contribution in [0.2, 0.25) is 0 Å². The third-order valence-electron chi connectivity index (χ3n) is 3.85. The van der Waals surface area contributed by atoms with E-state index < -0.39 is 0 Å². The third kappa shape index (κ3) is 4.93. The predicted octanol–water partition coefficient (Wildman–Crippen LogP) is 2.93. The van der Waals surface area contributed by atoms with Gasteiger partial charge in [0.05, 0.1) is 14.2 Å². The van der Waals surface area contributed by atoms with Gasteiger partial charge in [-0.05, 0) is 18.9 Å². The number of hydrogen-bond acceptors (Lipinski definition) is 3. The van der Waals surface area contributed by atoms with Crippen molar-refractivity contribution in [1.82, 2.24) is 10.6 Å². The largest absolute Gasteiger partial charge is 0.493 e. The molecule has 0 unspecified atom stereocenters. The van der Waals surface area contributed by atoms with Gasteiger partial charge in [0.2, 0.25) is 0 Å². The first-order valence-corrected chi connectivity index (χ1v) is 7.45. The lowest BCUT2D eigenvalue weighted by molar-refractivity contribution is 0.351. The minimum atomic E-state index is 0. The van der Waals surface area contributed by atoms with Crippen molar-refractivity contribution in [1.29, 1.82) is 0 Å². The van der Waals surface area contributed by atoms with Crippen LogP contribution in [0, 0.1) is 0 Å². The van der Waals surface area contributed by atoms with E-state index in [1.165, 1.54) is 25.7 Å². The zero-order valence-electron chi connectivity index (χ0n) is 13.5. The van der Waals surface area contributed by atoms with Gasteiger partial charge in [-0.3, -0.25) is 4.99 Å². The summed E-state index contributed by atoms with van der Waals surface area (Å²) in [4.78, 5) is 4.29. The molecule has 6 heteroatoms. The van der Waals surface area contributed by atoms with E-state index in [4.69, 9.17) is 9.47 Å². The number of rotatable bonds is 5. The van der Waals surface area contributed by atoms with E-state index in [1.807, 2.05) is 18.2 Å². The lowest BCUT2D eigenvalue weighted by atomic mass is 10.2. The molecule has 2 N–H and O–H groups in total. The highest BCUT2D eigenvalue weighted by atomic mass is 127. The zero-order valence-corrected chi connectivity index (χ0v) is 15.8.